The van der Waals surface area contributed by atoms with Gasteiger partial charge in [0, 0.05) is 5.92 Å². The zero-order valence-electron chi connectivity index (χ0n) is 26.7. The van der Waals surface area contributed by atoms with Crippen molar-refractivity contribution in [1.29, 1.82) is 0 Å². The summed E-state index contributed by atoms with van der Waals surface area (Å²) in [6.07, 6.45) is 5.82. The predicted molar refractivity (Wildman–Crippen MR) is 182 cm³/mol. The van der Waals surface area contributed by atoms with Crippen molar-refractivity contribution in [2.24, 2.45) is 11.8 Å². The summed E-state index contributed by atoms with van der Waals surface area (Å²) in [5, 5.41) is 2.74. The number of nitrogens with one attached hydrogen (secondary N) is 1. The van der Waals surface area contributed by atoms with E-state index in [2.05, 4.69) is 121 Å². The number of rotatable bonds is 11. The van der Waals surface area contributed by atoms with Crippen LogP contribution in [0.25, 0.3) is 0 Å². The van der Waals surface area contributed by atoms with E-state index in [0.29, 0.717) is 18.6 Å². The first kappa shape index (κ1) is 44.9. The summed E-state index contributed by atoms with van der Waals surface area (Å²) < 4.78 is 5.32. The minimum absolute atomic E-state index is 0. The van der Waals surface area contributed by atoms with E-state index in [-0.39, 0.29) is 32.8 Å². The van der Waals surface area contributed by atoms with Crippen LogP contribution in [-0.2, 0) is 9.53 Å². The standard InChI is InChI=1S/C10H21NO2.2C10H14.C5H12.2CH4/c1-5-8(3)10(12)11-7-13-9(4)6-2;2*1-3-9(2)10-7-5-4-6-8-10;1-4-5(2)3;;/h8-9H,5-7H2,1-4H3,(H,11,12);2*4-9H,3H2,1-2H3;5H,4H2,1-3H3;2*1H4. The monoisotopic (exact) mass is 560 g/mol. The maximum atomic E-state index is 11.3. The van der Waals surface area contributed by atoms with Crippen LogP contribution in [0.4, 0.5) is 0 Å². The van der Waals surface area contributed by atoms with Crippen LogP contribution >= 0.6 is 0 Å². The molecule has 0 aromatic heterocycles. The number of hydrogen-bond donors (Lipinski definition) is 1. The van der Waals surface area contributed by atoms with Crippen LogP contribution in [0.3, 0.4) is 0 Å². The van der Waals surface area contributed by atoms with Crippen molar-refractivity contribution < 1.29 is 9.53 Å². The molecule has 4 unspecified atom stereocenters. The third-order valence-electron chi connectivity index (χ3n) is 7.03. The van der Waals surface area contributed by atoms with E-state index in [4.69, 9.17) is 4.74 Å². The lowest BCUT2D eigenvalue weighted by atomic mass is 9.99. The van der Waals surface area contributed by atoms with Crippen LogP contribution < -0.4 is 5.32 Å². The second kappa shape index (κ2) is 29.8. The summed E-state index contributed by atoms with van der Waals surface area (Å²) in [6, 6.07) is 21.3. The molecule has 3 heteroatoms. The van der Waals surface area contributed by atoms with Crippen molar-refractivity contribution in [1.82, 2.24) is 5.32 Å². The van der Waals surface area contributed by atoms with Crippen LogP contribution in [0.15, 0.2) is 60.7 Å². The molecule has 0 aliphatic carbocycles. The van der Waals surface area contributed by atoms with Crippen LogP contribution in [-0.4, -0.2) is 18.7 Å². The highest BCUT2D eigenvalue weighted by Crippen LogP contribution is 2.17. The van der Waals surface area contributed by atoms with Crippen molar-refractivity contribution in [3.05, 3.63) is 71.8 Å². The van der Waals surface area contributed by atoms with Crippen molar-refractivity contribution in [2.75, 3.05) is 6.73 Å². The Balaban J connectivity index is -0.000000221. The maximum Gasteiger partial charge on any atom is 0.224 e. The Morgan fingerprint density at radius 2 is 1.00 bits per heavy atom. The highest BCUT2D eigenvalue weighted by atomic mass is 16.5. The van der Waals surface area contributed by atoms with Crippen molar-refractivity contribution in [3.8, 4) is 0 Å². The van der Waals surface area contributed by atoms with Gasteiger partial charge in [0.15, 0.2) is 0 Å². The van der Waals surface area contributed by atoms with E-state index >= 15 is 0 Å². The van der Waals surface area contributed by atoms with Gasteiger partial charge in [-0.2, -0.15) is 0 Å². The molecule has 0 saturated carbocycles. The summed E-state index contributed by atoms with van der Waals surface area (Å²) in [6.45, 7) is 23.9. The third-order valence-corrected chi connectivity index (χ3v) is 7.03. The highest BCUT2D eigenvalue weighted by molar-refractivity contribution is 5.77. The molecule has 1 amide bonds. The molecule has 0 radical (unpaired) electrons. The first-order valence-corrected chi connectivity index (χ1v) is 15.1. The van der Waals surface area contributed by atoms with E-state index in [9.17, 15) is 4.79 Å². The maximum absolute atomic E-state index is 11.3. The molecule has 0 fully saturated rings. The molecular weight excluding hydrogens is 490 g/mol. The highest BCUT2D eigenvalue weighted by Gasteiger charge is 2.09. The van der Waals surface area contributed by atoms with Gasteiger partial charge in [-0.1, -0.05) is 151 Å². The van der Waals surface area contributed by atoms with Gasteiger partial charge < -0.3 is 10.1 Å². The first-order chi connectivity index (χ1) is 18.1. The lowest BCUT2D eigenvalue weighted by Gasteiger charge is -2.13. The zero-order chi connectivity index (χ0) is 29.3. The minimum Gasteiger partial charge on any atom is -0.358 e. The topological polar surface area (TPSA) is 38.3 Å². The molecule has 0 bridgehead atoms. The number of hydrogen-bond acceptors (Lipinski definition) is 2. The molecule has 4 atom stereocenters. The largest absolute Gasteiger partial charge is 0.358 e. The fraction of sp³-hybridized carbons (Fsp3) is 0.649. The minimum atomic E-state index is 0. The second-order valence-electron chi connectivity index (χ2n) is 10.6. The van der Waals surface area contributed by atoms with Crippen molar-refractivity contribution in [2.45, 2.75) is 141 Å². The fourth-order valence-electron chi connectivity index (χ4n) is 2.77. The van der Waals surface area contributed by atoms with E-state index in [1.54, 1.807) is 0 Å². The van der Waals surface area contributed by atoms with Gasteiger partial charge in [-0.3, -0.25) is 4.79 Å². The molecule has 234 valence electrons. The molecule has 2 aromatic carbocycles. The van der Waals surface area contributed by atoms with Crippen LogP contribution in [0, 0.1) is 11.8 Å². The summed E-state index contributed by atoms with van der Waals surface area (Å²) in [4.78, 5) is 11.3. The second-order valence-corrected chi connectivity index (χ2v) is 10.6. The van der Waals surface area contributed by atoms with Crippen LogP contribution in [0.2, 0.25) is 0 Å². The van der Waals surface area contributed by atoms with Gasteiger partial charge in [0.2, 0.25) is 5.91 Å². The van der Waals surface area contributed by atoms with Gasteiger partial charge >= 0.3 is 0 Å². The average Bonchev–Trinajstić information content (AvgIpc) is 2.97. The molecule has 1 N–H and O–H groups in total. The molecule has 0 aliphatic heterocycles. The first-order valence-electron chi connectivity index (χ1n) is 15.1. The number of amides is 1. The SMILES string of the molecule is C.C.CCC(C)C.CCC(C)OCNC(=O)C(C)CC.CCC(C)c1ccccc1.CCC(C)c1ccccc1. The normalized spacial score (nSPS) is 12.6. The van der Waals surface area contributed by atoms with Crippen molar-refractivity contribution in [3.63, 3.8) is 0 Å². The van der Waals surface area contributed by atoms with E-state index < -0.39 is 0 Å². The average molecular weight is 560 g/mol. The number of benzene rings is 2. The summed E-state index contributed by atoms with van der Waals surface area (Å²) in [5.41, 5.74) is 2.90. The molecule has 2 aromatic rings. The Morgan fingerprint density at radius 3 is 1.27 bits per heavy atom. The van der Waals surface area contributed by atoms with Gasteiger partial charge in [0.05, 0.1) is 6.10 Å². The Labute approximate surface area is 251 Å². The van der Waals surface area contributed by atoms with Gasteiger partial charge in [0.25, 0.3) is 0 Å². The Bertz CT molecular complexity index is 715. The van der Waals surface area contributed by atoms with Gasteiger partial charge in [-0.15, -0.1) is 0 Å². The van der Waals surface area contributed by atoms with E-state index in [0.717, 1.165) is 18.8 Å². The molecule has 0 saturated heterocycles. The van der Waals surface area contributed by atoms with Gasteiger partial charge in [-0.25, -0.2) is 0 Å². The summed E-state index contributed by atoms with van der Waals surface area (Å²) in [5.74, 6) is 2.46. The quantitative estimate of drug-likeness (QED) is 0.278. The van der Waals surface area contributed by atoms with Crippen molar-refractivity contribution >= 4 is 5.91 Å². The van der Waals surface area contributed by atoms with Crippen LogP contribution in [0.5, 0.6) is 0 Å². The molecule has 0 heterocycles. The molecular formula is C37H69NO2. The summed E-state index contributed by atoms with van der Waals surface area (Å²) >= 11 is 0. The lowest BCUT2D eigenvalue weighted by molar-refractivity contribution is -0.126. The van der Waals surface area contributed by atoms with Gasteiger partial charge in [0.1, 0.15) is 6.73 Å². The van der Waals surface area contributed by atoms with E-state index in [1.165, 1.54) is 30.4 Å². The smallest absolute Gasteiger partial charge is 0.224 e. The molecule has 0 spiro atoms. The number of carbonyl (C=O) groups excluding carboxylic acids is 1. The lowest BCUT2D eigenvalue weighted by Crippen LogP contribution is -2.32. The summed E-state index contributed by atoms with van der Waals surface area (Å²) in [7, 11) is 0. The van der Waals surface area contributed by atoms with Crippen LogP contribution in [0.1, 0.15) is 146 Å². The Kier molecular flexibility index (Phi) is 33.5. The predicted octanol–water partition coefficient (Wildman–Crippen LogP) is 11.6. The Morgan fingerprint density at radius 1 is 0.625 bits per heavy atom. The molecule has 2 rings (SSSR count). The molecule has 0 aliphatic rings. The Hall–Kier alpha value is -2.13. The molecule has 40 heavy (non-hydrogen) atoms. The fourth-order valence-corrected chi connectivity index (χ4v) is 2.77. The number of carbonyl (C=O) groups is 1. The zero-order valence-corrected chi connectivity index (χ0v) is 26.7. The number of ether oxygens (including phenoxy) is 1. The van der Waals surface area contributed by atoms with Gasteiger partial charge in [-0.05, 0) is 61.5 Å². The molecule has 3 nitrogen and oxygen atoms in total. The van der Waals surface area contributed by atoms with E-state index in [1.807, 2.05) is 20.8 Å². The third kappa shape index (κ3) is 24.9.